The van der Waals surface area contributed by atoms with Gasteiger partial charge >= 0.3 is 0 Å². The maximum absolute atomic E-state index is 12.4. The number of ether oxygens (including phenoxy) is 1. The van der Waals surface area contributed by atoms with Crippen LogP contribution in [0.4, 0.5) is 0 Å². The molecule has 2 atom stereocenters. The van der Waals surface area contributed by atoms with E-state index in [0.717, 1.165) is 25.1 Å². The molecule has 112 valence electrons. The average molecular weight is 305 g/mol. The minimum Gasteiger partial charge on any atom is -0.381 e. The average Bonchev–Trinajstić information content (AvgIpc) is 3.20. The fourth-order valence-electron chi connectivity index (χ4n) is 2.63. The molecular weight excluding hydrogens is 286 g/mol. The molecule has 5 nitrogen and oxygen atoms in total. The molecule has 2 N–H and O–H groups in total. The first kappa shape index (κ1) is 14.3. The minimum atomic E-state index is -0.0605. The summed E-state index contributed by atoms with van der Waals surface area (Å²) in [6.07, 6.45) is 3.40. The predicted octanol–water partition coefficient (Wildman–Crippen LogP) is 2.34. The lowest BCUT2D eigenvalue weighted by molar-refractivity contribution is 0.0938. The third kappa shape index (κ3) is 3.33. The topological polar surface area (TPSA) is 67.0 Å². The van der Waals surface area contributed by atoms with Crippen LogP contribution in [0.5, 0.6) is 0 Å². The van der Waals surface area contributed by atoms with E-state index >= 15 is 0 Å². The van der Waals surface area contributed by atoms with Crippen molar-refractivity contribution in [1.29, 1.82) is 0 Å². The Balaban J connectivity index is 1.64. The molecule has 1 aliphatic heterocycles. The zero-order valence-corrected chi connectivity index (χ0v) is 12.8. The highest BCUT2D eigenvalue weighted by molar-refractivity contribution is 7.09. The highest BCUT2D eigenvalue weighted by Crippen LogP contribution is 2.26. The third-order valence-electron chi connectivity index (χ3n) is 3.72. The molecular formula is C15H19N3O2S. The Morgan fingerprint density at radius 2 is 2.57 bits per heavy atom. The van der Waals surface area contributed by atoms with Gasteiger partial charge in [0.05, 0.1) is 24.1 Å². The fourth-order valence-corrected chi connectivity index (χ4v) is 3.47. The van der Waals surface area contributed by atoms with Gasteiger partial charge in [-0.25, -0.2) is 0 Å². The number of aromatic amines is 1. The van der Waals surface area contributed by atoms with Crippen molar-refractivity contribution >= 4 is 17.2 Å². The summed E-state index contributed by atoms with van der Waals surface area (Å²) < 4.78 is 5.39. The second kappa shape index (κ2) is 6.41. The van der Waals surface area contributed by atoms with Gasteiger partial charge in [0, 0.05) is 29.9 Å². The van der Waals surface area contributed by atoms with Crippen molar-refractivity contribution in [3.63, 3.8) is 0 Å². The maximum atomic E-state index is 12.4. The van der Waals surface area contributed by atoms with Gasteiger partial charge in [0.1, 0.15) is 0 Å². The van der Waals surface area contributed by atoms with E-state index in [1.54, 1.807) is 17.5 Å². The maximum Gasteiger partial charge on any atom is 0.254 e. The molecule has 0 saturated carbocycles. The highest BCUT2D eigenvalue weighted by atomic mass is 32.1. The summed E-state index contributed by atoms with van der Waals surface area (Å²) >= 11 is 1.71. The van der Waals surface area contributed by atoms with Crippen LogP contribution in [0.1, 0.15) is 40.2 Å². The van der Waals surface area contributed by atoms with E-state index in [2.05, 4.69) is 27.0 Å². The molecule has 6 heteroatoms. The Kier molecular flexibility index (Phi) is 4.36. The van der Waals surface area contributed by atoms with Crippen LogP contribution in [-0.4, -0.2) is 35.4 Å². The summed E-state index contributed by atoms with van der Waals surface area (Å²) in [5, 5.41) is 12.1. The number of hydrogen-bond donors (Lipinski definition) is 2. The van der Waals surface area contributed by atoms with E-state index in [4.69, 9.17) is 4.74 Å². The van der Waals surface area contributed by atoms with Crippen molar-refractivity contribution in [2.75, 3.05) is 13.2 Å². The number of carbonyl (C=O) groups is 1. The Morgan fingerprint density at radius 1 is 1.67 bits per heavy atom. The number of nitrogens with zero attached hydrogens (tertiary/aromatic N) is 1. The Labute approximate surface area is 127 Å². The number of aromatic nitrogens is 2. The number of H-pyrrole nitrogens is 1. The van der Waals surface area contributed by atoms with Crippen LogP contribution >= 0.6 is 11.3 Å². The molecule has 1 amide bonds. The second-order valence-electron chi connectivity index (χ2n) is 5.42. The normalized spacial score (nSPS) is 19.6. The van der Waals surface area contributed by atoms with Crippen LogP contribution in [0.2, 0.25) is 0 Å². The zero-order chi connectivity index (χ0) is 14.7. The first-order valence-corrected chi connectivity index (χ1v) is 8.06. The van der Waals surface area contributed by atoms with Crippen molar-refractivity contribution in [2.45, 2.75) is 31.7 Å². The van der Waals surface area contributed by atoms with Crippen molar-refractivity contribution in [3.05, 3.63) is 39.8 Å². The molecule has 0 radical (unpaired) electrons. The number of carbonyl (C=O) groups excluding carboxylic acids is 1. The summed E-state index contributed by atoms with van der Waals surface area (Å²) in [5.74, 6) is 0.190. The fraction of sp³-hybridized carbons (Fsp3) is 0.467. The number of hydrogen-bond acceptors (Lipinski definition) is 4. The van der Waals surface area contributed by atoms with Crippen LogP contribution in [-0.2, 0) is 11.2 Å². The monoisotopic (exact) mass is 305 g/mol. The van der Waals surface area contributed by atoms with Crippen LogP contribution in [0.3, 0.4) is 0 Å². The molecule has 0 spiro atoms. The van der Waals surface area contributed by atoms with Crippen molar-refractivity contribution in [1.82, 2.24) is 15.5 Å². The van der Waals surface area contributed by atoms with Crippen LogP contribution in [0.15, 0.2) is 23.7 Å². The van der Waals surface area contributed by atoms with Gasteiger partial charge in [0.15, 0.2) is 0 Å². The molecule has 0 aromatic carbocycles. The van der Waals surface area contributed by atoms with Gasteiger partial charge in [-0.1, -0.05) is 6.07 Å². The van der Waals surface area contributed by atoms with E-state index in [9.17, 15) is 4.79 Å². The molecule has 21 heavy (non-hydrogen) atoms. The van der Waals surface area contributed by atoms with Crippen LogP contribution < -0.4 is 5.32 Å². The molecule has 1 fully saturated rings. The molecule has 1 saturated heterocycles. The molecule has 0 bridgehead atoms. The van der Waals surface area contributed by atoms with Gasteiger partial charge in [-0.15, -0.1) is 11.3 Å². The molecule has 1 aliphatic rings. The molecule has 2 aromatic rings. The first-order chi connectivity index (χ1) is 10.2. The number of rotatable bonds is 5. The van der Waals surface area contributed by atoms with Crippen molar-refractivity contribution in [3.8, 4) is 0 Å². The van der Waals surface area contributed by atoms with Gasteiger partial charge in [-0.05, 0) is 24.8 Å². The predicted molar refractivity (Wildman–Crippen MR) is 81.7 cm³/mol. The Bertz CT molecular complexity index is 588. The summed E-state index contributed by atoms with van der Waals surface area (Å²) in [6, 6.07) is 4.22. The summed E-state index contributed by atoms with van der Waals surface area (Å²) in [4.78, 5) is 13.7. The van der Waals surface area contributed by atoms with E-state index in [0.29, 0.717) is 12.2 Å². The lowest BCUT2D eigenvalue weighted by Crippen LogP contribution is -2.34. The standard InChI is InChI=1S/C15H19N3O2S/c1-10(7-12-3-2-6-21-12)17-15(19)13-8-16-18-14(13)11-4-5-20-9-11/h2-3,6,8,10-11H,4-5,7,9H2,1H3,(H,16,18)(H,17,19)/t10-,11-/m1/s1. The molecule has 3 heterocycles. The number of nitrogens with one attached hydrogen (secondary N) is 2. The van der Waals surface area contributed by atoms with E-state index in [-0.39, 0.29) is 17.9 Å². The first-order valence-electron chi connectivity index (χ1n) is 7.18. The molecule has 0 unspecified atom stereocenters. The summed E-state index contributed by atoms with van der Waals surface area (Å²) in [7, 11) is 0. The number of amides is 1. The lowest BCUT2D eigenvalue weighted by atomic mass is 10.0. The Hall–Kier alpha value is -1.66. The van der Waals surface area contributed by atoms with Crippen LogP contribution in [0, 0.1) is 0 Å². The SMILES string of the molecule is C[C@H](Cc1cccs1)NC(=O)c1cn[nH]c1[C@@H]1CCOC1. The van der Waals surface area contributed by atoms with Gasteiger partial charge in [-0.3, -0.25) is 9.89 Å². The molecule has 3 rings (SSSR count). The number of thiophene rings is 1. The summed E-state index contributed by atoms with van der Waals surface area (Å²) in [5.41, 5.74) is 1.54. The quantitative estimate of drug-likeness (QED) is 0.891. The van der Waals surface area contributed by atoms with Crippen molar-refractivity contribution in [2.24, 2.45) is 0 Å². The van der Waals surface area contributed by atoms with Gasteiger partial charge < -0.3 is 10.1 Å². The largest absolute Gasteiger partial charge is 0.381 e. The van der Waals surface area contributed by atoms with Gasteiger partial charge in [0.2, 0.25) is 0 Å². The van der Waals surface area contributed by atoms with Gasteiger partial charge in [-0.2, -0.15) is 5.10 Å². The highest BCUT2D eigenvalue weighted by Gasteiger charge is 2.25. The summed E-state index contributed by atoms with van der Waals surface area (Å²) in [6.45, 7) is 3.43. The van der Waals surface area contributed by atoms with E-state index < -0.39 is 0 Å². The Morgan fingerprint density at radius 3 is 3.29 bits per heavy atom. The molecule has 0 aliphatic carbocycles. The van der Waals surface area contributed by atoms with Crippen molar-refractivity contribution < 1.29 is 9.53 Å². The third-order valence-corrected chi connectivity index (χ3v) is 4.62. The molecule has 2 aromatic heterocycles. The lowest BCUT2D eigenvalue weighted by Gasteiger charge is -2.14. The minimum absolute atomic E-state index is 0.0605. The zero-order valence-electron chi connectivity index (χ0n) is 12.0. The van der Waals surface area contributed by atoms with Gasteiger partial charge in [0.25, 0.3) is 5.91 Å². The van der Waals surface area contributed by atoms with Crippen LogP contribution in [0.25, 0.3) is 0 Å². The second-order valence-corrected chi connectivity index (χ2v) is 6.45. The van der Waals surface area contributed by atoms with E-state index in [1.807, 2.05) is 13.0 Å². The smallest absolute Gasteiger partial charge is 0.254 e. The van der Waals surface area contributed by atoms with E-state index in [1.165, 1.54) is 4.88 Å².